The minimum atomic E-state index is -0.00201. The summed E-state index contributed by atoms with van der Waals surface area (Å²) in [7, 11) is 0. The summed E-state index contributed by atoms with van der Waals surface area (Å²) in [6, 6.07) is 8.31. The van der Waals surface area contributed by atoms with E-state index in [2.05, 4.69) is 43.9 Å². The monoisotopic (exact) mass is 262 g/mol. The molecule has 2 rings (SSSR count). The molecule has 106 valence electrons. The first-order chi connectivity index (χ1) is 9.07. The van der Waals surface area contributed by atoms with Crippen LogP contribution in [0.4, 0.5) is 5.69 Å². The molecule has 1 aliphatic heterocycles. The maximum Gasteiger partial charge on any atom is 0.142 e. The normalized spacial score (nSPS) is 18.5. The summed E-state index contributed by atoms with van der Waals surface area (Å²) in [4.78, 5) is 2.45. The minimum Gasteiger partial charge on any atom is -0.491 e. The van der Waals surface area contributed by atoms with E-state index in [0.717, 1.165) is 31.7 Å². The van der Waals surface area contributed by atoms with Crippen LogP contribution in [0, 0.1) is 5.92 Å². The molecule has 3 nitrogen and oxygen atoms in total. The predicted octanol–water partition coefficient (Wildman–Crippen LogP) is 3.04. The maximum atomic E-state index is 6.11. The lowest BCUT2D eigenvalue weighted by Crippen LogP contribution is -2.53. The Hall–Kier alpha value is -1.22. The summed E-state index contributed by atoms with van der Waals surface area (Å²) < 4.78 is 5.84. The number of rotatable bonds is 4. The van der Waals surface area contributed by atoms with Crippen LogP contribution in [0.3, 0.4) is 0 Å². The molecule has 1 unspecified atom stereocenters. The molecule has 1 aromatic carbocycles. The number of ether oxygens (including phenoxy) is 1. The highest BCUT2D eigenvalue weighted by atomic mass is 16.5. The van der Waals surface area contributed by atoms with Gasteiger partial charge in [-0.2, -0.15) is 0 Å². The highest BCUT2D eigenvalue weighted by Crippen LogP contribution is 2.37. The third-order valence-electron chi connectivity index (χ3n) is 3.88. The molecule has 1 atom stereocenters. The standard InChI is InChI=1S/C16H26N2O/c1-13(2)11-16(3,12-17)18-9-6-10-19-15-8-5-4-7-14(15)18/h4-5,7-8,13H,6,9-12,17H2,1-3H3. The van der Waals surface area contributed by atoms with E-state index in [9.17, 15) is 0 Å². The summed E-state index contributed by atoms with van der Waals surface area (Å²) in [5.74, 6) is 1.62. The minimum absolute atomic E-state index is 0.00201. The summed E-state index contributed by atoms with van der Waals surface area (Å²) in [5.41, 5.74) is 7.30. The average molecular weight is 262 g/mol. The molecule has 19 heavy (non-hydrogen) atoms. The van der Waals surface area contributed by atoms with Crippen molar-refractivity contribution in [1.29, 1.82) is 0 Å². The van der Waals surface area contributed by atoms with Crippen LogP contribution in [0.15, 0.2) is 24.3 Å². The molecular weight excluding hydrogens is 236 g/mol. The van der Waals surface area contributed by atoms with Gasteiger partial charge in [-0.25, -0.2) is 0 Å². The van der Waals surface area contributed by atoms with Crippen LogP contribution in [0.5, 0.6) is 5.75 Å². The average Bonchev–Trinajstić information content (AvgIpc) is 2.60. The molecule has 3 heteroatoms. The van der Waals surface area contributed by atoms with E-state index in [0.29, 0.717) is 12.5 Å². The zero-order chi connectivity index (χ0) is 13.9. The van der Waals surface area contributed by atoms with Gasteiger partial charge >= 0.3 is 0 Å². The molecule has 0 saturated heterocycles. The van der Waals surface area contributed by atoms with Gasteiger partial charge in [0.05, 0.1) is 12.3 Å². The molecule has 1 aromatic rings. The van der Waals surface area contributed by atoms with Crippen molar-refractivity contribution in [3.05, 3.63) is 24.3 Å². The lowest BCUT2D eigenvalue weighted by molar-refractivity contribution is 0.317. The first-order valence-electron chi connectivity index (χ1n) is 7.26. The van der Waals surface area contributed by atoms with Gasteiger partial charge in [0.25, 0.3) is 0 Å². The summed E-state index contributed by atoms with van der Waals surface area (Å²) in [6.45, 7) is 9.25. The highest BCUT2D eigenvalue weighted by molar-refractivity contribution is 5.60. The molecule has 0 saturated carbocycles. The summed E-state index contributed by atoms with van der Waals surface area (Å²) in [5, 5.41) is 0. The topological polar surface area (TPSA) is 38.5 Å². The zero-order valence-electron chi connectivity index (χ0n) is 12.4. The fraction of sp³-hybridized carbons (Fsp3) is 0.625. The third-order valence-corrected chi connectivity index (χ3v) is 3.88. The van der Waals surface area contributed by atoms with Gasteiger partial charge in [-0.1, -0.05) is 26.0 Å². The van der Waals surface area contributed by atoms with E-state index < -0.39 is 0 Å². The van der Waals surface area contributed by atoms with Gasteiger partial charge in [0.1, 0.15) is 5.75 Å². The Balaban J connectivity index is 2.37. The van der Waals surface area contributed by atoms with E-state index in [-0.39, 0.29) is 5.54 Å². The summed E-state index contributed by atoms with van der Waals surface area (Å²) >= 11 is 0. The number of nitrogens with zero attached hydrogens (tertiary/aromatic N) is 1. The van der Waals surface area contributed by atoms with Crippen LogP contribution in [0.1, 0.15) is 33.6 Å². The SMILES string of the molecule is CC(C)CC(C)(CN)N1CCCOc2ccccc21. The number of para-hydroxylation sites is 2. The Morgan fingerprint density at radius 3 is 2.79 bits per heavy atom. The molecule has 0 radical (unpaired) electrons. The van der Waals surface area contributed by atoms with Crippen molar-refractivity contribution in [2.24, 2.45) is 11.7 Å². The van der Waals surface area contributed by atoms with Gasteiger partial charge in [0, 0.05) is 18.6 Å². The Kier molecular flexibility index (Phi) is 4.35. The summed E-state index contributed by atoms with van der Waals surface area (Å²) in [6.07, 6.45) is 2.14. The Morgan fingerprint density at radius 1 is 1.37 bits per heavy atom. The number of hydrogen-bond acceptors (Lipinski definition) is 3. The van der Waals surface area contributed by atoms with Gasteiger partial charge in [0.15, 0.2) is 0 Å². The first-order valence-corrected chi connectivity index (χ1v) is 7.26. The lowest BCUT2D eigenvalue weighted by atomic mass is 9.88. The number of benzene rings is 1. The quantitative estimate of drug-likeness (QED) is 0.906. The van der Waals surface area contributed by atoms with Crippen LogP contribution in [-0.4, -0.2) is 25.2 Å². The van der Waals surface area contributed by atoms with Gasteiger partial charge in [0.2, 0.25) is 0 Å². The molecule has 0 aromatic heterocycles. The molecule has 0 fully saturated rings. The second kappa shape index (κ2) is 5.83. The van der Waals surface area contributed by atoms with Crippen molar-refractivity contribution < 1.29 is 4.74 Å². The molecule has 1 heterocycles. The molecule has 0 bridgehead atoms. The van der Waals surface area contributed by atoms with Crippen molar-refractivity contribution >= 4 is 5.69 Å². The highest BCUT2D eigenvalue weighted by Gasteiger charge is 2.33. The zero-order valence-corrected chi connectivity index (χ0v) is 12.4. The molecule has 2 N–H and O–H groups in total. The molecule has 0 amide bonds. The van der Waals surface area contributed by atoms with E-state index in [4.69, 9.17) is 10.5 Å². The van der Waals surface area contributed by atoms with E-state index in [1.54, 1.807) is 0 Å². The second-order valence-electron chi connectivity index (χ2n) is 6.12. The first kappa shape index (κ1) is 14.2. The lowest BCUT2D eigenvalue weighted by Gasteiger charge is -2.43. The number of anilines is 1. The Labute approximate surface area is 116 Å². The fourth-order valence-electron chi connectivity index (χ4n) is 3.07. The van der Waals surface area contributed by atoms with Crippen molar-refractivity contribution in [3.8, 4) is 5.75 Å². The molecule has 0 aliphatic carbocycles. The second-order valence-corrected chi connectivity index (χ2v) is 6.12. The fourth-order valence-corrected chi connectivity index (χ4v) is 3.07. The Bertz CT molecular complexity index is 419. The maximum absolute atomic E-state index is 6.11. The van der Waals surface area contributed by atoms with Crippen LogP contribution in [0.2, 0.25) is 0 Å². The van der Waals surface area contributed by atoms with Crippen molar-refractivity contribution in [2.45, 2.75) is 39.2 Å². The van der Waals surface area contributed by atoms with Gasteiger partial charge < -0.3 is 15.4 Å². The van der Waals surface area contributed by atoms with Crippen molar-refractivity contribution in [1.82, 2.24) is 0 Å². The van der Waals surface area contributed by atoms with Gasteiger partial charge in [-0.05, 0) is 37.8 Å². The molecule has 1 aliphatic rings. The van der Waals surface area contributed by atoms with E-state index >= 15 is 0 Å². The predicted molar refractivity (Wildman–Crippen MR) is 80.8 cm³/mol. The van der Waals surface area contributed by atoms with Crippen molar-refractivity contribution in [3.63, 3.8) is 0 Å². The van der Waals surface area contributed by atoms with Gasteiger partial charge in [-0.3, -0.25) is 0 Å². The molecule has 0 spiro atoms. The third kappa shape index (κ3) is 3.03. The van der Waals surface area contributed by atoms with Crippen LogP contribution >= 0.6 is 0 Å². The van der Waals surface area contributed by atoms with Crippen molar-refractivity contribution in [2.75, 3.05) is 24.6 Å². The van der Waals surface area contributed by atoms with Gasteiger partial charge in [-0.15, -0.1) is 0 Å². The number of hydrogen-bond donors (Lipinski definition) is 1. The van der Waals surface area contributed by atoms with Crippen LogP contribution in [0.25, 0.3) is 0 Å². The smallest absolute Gasteiger partial charge is 0.142 e. The van der Waals surface area contributed by atoms with Crippen LogP contribution in [-0.2, 0) is 0 Å². The number of fused-ring (bicyclic) bond motifs is 1. The van der Waals surface area contributed by atoms with E-state index in [1.807, 2.05) is 6.07 Å². The molecular formula is C16H26N2O. The number of nitrogens with two attached hydrogens (primary N) is 1. The Morgan fingerprint density at radius 2 is 2.11 bits per heavy atom. The largest absolute Gasteiger partial charge is 0.491 e. The van der Waals surface area contributed by atoms with E-state index in [1.165, 1.54) is 5.69 Å². The van der Waals surface area contributed by atoms with Crippen LogP contribution < -0.4 is 15.4 Å².